The standard InChI is InChI=1S/C17H11F3N2S/c1-9-7-13-12-8-10(17(18,19)20)4-5-14(12)23-22-16(13)15-11(9)3-2-6-21-15/h2-8,22H,1H3. The van der Waals surface area contributed by atoms with Crippen molar-refractivity contribution < 1.29 is 13.2 Å². The smallest absolute Gasteiger partial charge is 0.323 e. The van der Waals surface area contributed by atoms with E-state index in [2.05, 4.69) is 9.71 Å². The maximum atomic E-state index is 13.0. The van der Waals surface area contributed by atoms with Crippen LogP contribution >= 0.6 is 11.9 Å². The van der Waals surface area contributed by atoms with Crippen LogP contribution in [0.1, 0.15) is 11.1 Å². The molecule has 23 heavy (non-hydrogen) atoms. The number of anilines is 1. The molecule has 0 atom stereocenters. The molecule has 0 radical (unpaired) electrons. The number of nitrogens with one attached hydrogen (secondary N) is 1. The van der Waals surface area contributed by atoms with Gasteiger partial charge >= 0.3 is 6.18 Å². The molecule has 6 heteroatoms. The summed E-state index contributed by atoms with van der Waals surface area (Å²) in [7, 11) is 0. The summed E-state index contributed by atoms with van der Waals surface area (Å²) in [5, 5.41) is 0.995. The summed E-state index contributed by atoms with van der Waals surface area (Å²) in [5.41, 5.74) is 3.25. The quantitative estimate of drug-likeness (QED) is 0.538. The van der Waals surface area contributed by atoms with E-state index in [0.29, 0.717) is 5.56 Å². The number of aryl methyl sites for hydroxylation is 1. The highest BCUT2D eigenvalue weighted by Crippen LogP contribution is 2.47. The molecule has 0 spiro atoms. The fourth-order valence-electron chi connectivity index (χ4n) is 2.84. The van der Waals surface area contributed by atoms with Gasteiger partial charge in [0.25, 0.3) is 0 Å². The van der Waals surface area contributed by atoms with Gasteiger partial charge in [-0.3, -0.25) is 4.98 Å². The summed E-state index contributed by atoms with van der Waals surface area (Å²) in [6.07, 6.45) is -2.66. The molecule has 0 saturated carbocycles. The predicted octanol–water partition coefficient (Wildman–Crippen LogP) is 5.66. The first-order valence-electron chi connectivity index (χ1n) is 6.98. The minimum Gasteiger partial charge on any atom is -0.323 e. The van der Waals surface area contributed by atoms with Crippen LogP contribution in [0.3, 0.4) is 0 Å². The molecule has 1 aliphatic heterocycles. The summed E-state index contributed by atoms with van der Waals surface area (Å²) in [5.74, 6) is 0. The van der Waals surface area contributed by atoms with Gasteiger partial charge in [-0.15, -0.1) is 0 Å². The summed E-state index contributed by atoms with van der Waals surface area (Å²) in [6, 6.07) is 9.59. The van der Waals surface area contributed by atoms with Crippen LogP contribution < -0.4 is 4.72 Å². The second-order valence-electron chi connectivity index (χ2n) is 5.43. The lowest BCUT2D eigenvalue weighted by Crippen LogP contribution is -2.07. The monoisotopic (exact) mass is 332 g/mol. The first-order valence-corrected chi connectivity index (χ1v) is 7.79. The molecule has 116 valence electrons. The zero-order chi connectivity index (χ0) is 16.2. The molecule has 2 nitrogen and oxygen atoms in total. The van der Waals surface area contributed by atoms with Crippen LogP contribution in [0.15, 0.2) is 47.5 Å². The Bertz CT molecular complexity index is 935. The Morgan fingerprint density at radius 2 is 1.91 bits per heavy atom. The molecule has 1 N–H and O–H groups in total. The Balaban J connectivity index is 2.02. The molecule has 0 aliphatic carbocycles. The van der Waals surface area contributed by atoms with Gasteiger partial charge in [0.15, 0.2) is 0 Å². The number of fused-ring (bicyclic) bond motifs is 5. The zero-order valence-corrected chi connectivity index (χ0v) is 12.8. The van der Waals surface area contributed by atoms with E-state index in [9.17, 15) is 13.2 Å². The highest BCUT2D eigenvalue weighted by molar-refractivity contribution is 8.00. The van der Waals surface area contributed by atoms with E-state index in [4.69, 9.17) is 0 Å². The molecule has 0 amide bonds. The number of hydrogen-bond acceptors (Lipinski definition) is 3. The van der Waals surface area contributed by atoms with E-state index in [1.54, 1.807) is 6.20 Å². The first kappa shape index (κ1) is 14.4. The van der Waals surface area contributed by atoms with Crippen LogP contribution in [0.25, 0.3) is 22.0 Å². The average molecular weight is 332 g/mol. The van der Waals surface area contributed by atoms with E-state index < -0.39 is 11.7 Å². The van der Waals surface area contributed by atoms with E-state index in [1.165, 1.54) is 24.1 Å². The lowest BCUT2D eigenvalue weighted by molar-refractivity contribution is -0.137. The molecule has 0 unspecified atom stereocenters. The van der Waals surface area contributed by atoms with Gasteiger partial charge < -0.3 is 4.72 Å². The van der Waals surface area contributed by atoms with Gasteiger partial charge in [-0.25, -0.2) is 0 Å². The summed E-state index contributed by atoms with van der Waals surface area (Å²) < 4.78 is 42.3. The number of halogens is 3. The number of benzene rings is 2. The van der Waals surface area contributed by atoms with Gasteiger partial charge in [0.05, 0.1) is 16.8 Å². The van der Waals surface area contributed by atoms with Gasteiger partial charge in [0, 0.05) is 22.0 Å². The van der Waals surface area contributed by atoms with Crippen molar-refractivity contribution >= 4 is 28.5 Å². The number of hydrogen-bond donors (Lipinski definition) is 1. The number of pyridine rings is 1. The molecule has 4 rings (SSSR count). The molecule has 1 aliphatic rings. The van der Waals surface area contributed by atoms with Gasteiger partial charge in [-0.2, -0.15) is 13.2 Å². The lowest BCUT2D eigenvalue weighted by Gasteiger charge is -2.23. The Labute approximate surface area is 134 Å². The minimum atomic E-state index is -4.35. The van der Waals surface area contributed by atoms with Crippen LogP contribution in [-0.4, -0.2) is 4.98 Å². The van der Waals surface area contributed by atoms with Crippen molar-refractivity contribution in [2.24, 2.45) is 0 Å². The first-order chi connectivity index (χ1) is 10.9. The second kappa shape index (κ2) is 4.89. The largest absolute Gasteiger partial charge is 0.416 e. The third-order valence-electron chi connectivity index (χ3n) is 3.96. The maximum absolute atomic E-state index is 13.0. The fourth-order valence-corrected chi connectivity index (χ4v) is 3.68. The molecule has 0 saturated heterocycles. The Morgan fingerprint density at radius 1 is 1.09 bits per heavy atom. The van der Waals surface area contributed by atoms with Crippen LogP contribution in [0.4, 0.5) is 18.9 Å². The molecule has 1 aromatic heterocycles. The van der Waals surface area contributed by atoms with E-state index >= 15 is 0 Å². The van der Waals surface area contributed by atoms with Crippen molar-refractivity contribution in [1.29, 1.82) is 0 Å². The van der Waals surface area contributed by atoms with Crippen LogP contribution in [0, 0.1) is 6.92 Å². The van der Waals surface area contributed by atoms with Crippen molar-refractivity contribution in [3.63, 3.8) is 0 Å². The summed E-state index contributed by atoms with van der Waals surface area (Å²) >= 11 is 1.31. The summed E-state index contributed by atoms with van der Waals surface area (Å²) in [4.78, 5) is 5.18. The van der Waals surface area contributed by atoms with E-state index in [1.807, 2.05) is 25.1 Å². The number of nitrogens with zero attached hydrogens (tertiary/aromatic N) is 1. The van der Waals surface area contributed by atoms with E-state index in [0.717, 1.165) is 38.7 Å². The van der Waals surface area contributed by atoms with Gasteiger partial charge in [0.2, 0.25) is 0 Å². The molecule has 0 bridgehead atoms. The highest BCUT2D eigenvalue weighted by atomic mass is 32.2. The number of rotatable bonds is 0. The van der Waals surface area contributed by atoms with Gasteiger partial charge in [-0.05, 0) is 60.3 Å². The molecule has 2 heterocycles. The van der Waals surface area contributed by atoms with Crippen molar-refractivity contribution in [3.8, 4) is 11.1 Å². The molecule has 2 aromatic carbocycles. The molecule has 0 fully saturated rings. The molecular formula is C17H11F3N2S. The van der Waals surface area contributed by atoms with Gasteiger partial charge in [0.1, 0.15) is 0 Å². The topological polar surface area (TPSA) is 24.9 Å². The number of aromatic nitrogens is 1. The minimum absolute atomic E-state index is 0.592. The fraction of sp³-hybridized carbons (Fsp3) is 0.118. The van der Waals surface area contributed by atoms with Crippen molar-refractivity contribution in [2.75, 3.05) is 4.72 Å². The van der Waals surface area contributed by atoms with Crippen molar-refractivity contribution in [1.82, 2.24) is 4.98 Å². The third-order valence-corrected chi connectivity index (χ3v) is 4.84. The Hall–Kier alpha value is -2.21. The predicted molar refractivity (Wildman–Crippen MR) is 86.4 cm³/mol. The van der Waals surface area contributed by atoms with Crippen LogP contribution in [-0.2, 0) is 6.18 Å². The maximum Gasteiger partial charge on any atom is 0.416 e. The van der Waals surface area contributed by atoms with Gasteiger partial charge in [-0.1, -0.05) is 6.07 Å². The Morgan fingerprint density at radius 3 is 2.70 bits per heavy atom. The average Bonchev–Trinajstić information content (AvgIpc) is 2.54. The van der Waals surface area contributed by atoms with Crippen LogP contribution in [0.5, 0.6) is 0 Å². The van der Waals surface area contributed by atoms with Crippen LogP contribution in [0.2, 0.25) is 0 Å². The Kier molecular flexibility index (Phi) is 3.06. The molecular weight excluding hydrogens is 321 g/mol. The van der Waals surface area contributed by atoms with E-state index in [-0.39, 0.29) is 0 Å². The summed E-state index contributed by atoms with van der Waals surface area (Å²) in [6.45, 7) is 1.94. The van der Waals surface area contributed by atoms with Crippen molar-refractivity contribution in [2.45, 2.75) is 18.0 Å². The zero-order valence-electron chi connectivity index (χ0n) is 12.0. The molecule has 3 aromatic rings. The highest BCUT2D eigenvalue weighted by Gasteiger charge is 2.32. The third kappa shape index (κ3) is 2.25. The van der Waals surface area contributed by atoms with Crippen molar-refractivity contribution in [3.05, 3.63) is 53.7 Å². The normalized spacial score (nSPS) is 13.4. The number of alkyl halides is 3. The lowest BCUT2D eigenvalue weighted by atomic mass is 9.96. The second-order valence-corrected chi connectivity index (χ2v) is 6.28. The SMILES string of the molecule is Cc1cc2c(c3ncccc13)NSc1ccc(C(F)(F)F)cc1-2.